The number of aromatic nitrogens is 2. The first-order valence-corrected chi connectivity index (χ1v) is 16.6. The van der Waals surface area contributed by atoms with Crippen LogP contribution in [-0.2, 0) is 0 Å². The van der Waals surface area contributed by atoms with E-state index in [4.69, 9.17) is 9.97 Å². The summed E-state index contributed by atoms with van der Waals surface area (Å²) in [6.07, 6.45) is 0. The van der Waals surface area contributed by atoms with Gasteiger partial charge in [0.05, 0.1) is 10.1 Å². The summed E-state index contributed by atoms with van der Waals surface area (Å²) in [7, 11) is 0. The van der Waals surface area contributed by atoms with Gasteiger partial charge in [-0.3, -0.25) is 0 Å². The van der Waals surface area contributed by atoms with E-state index in [1.54, 1.807) is 0 Å². The molecule has 6 heterocycles. The van der Waals surface area contributed by atoms with Crippen molar-refractivity contribution in [2.45, 2.75) is 39.4 Å². The summed E-state index contributed by atoms with van der Waals surface area (Å²) in [6, 6.07) is 35.5. The Hall–Kier alpha value is -3.03. The summed E-state index contributed by atoms with van der Waals surface area (Å²) in [5.74, 6) is 0. The molecule has 0 saturated carbocycles. The molecule has 2 aromatic heterocycles. The van der Waals surface area contributed by atoms with Crippen LogP contribution < -0.4 is 32.8 Å². The normalized spacial score (nSPS) is 15.0. The molecular weight excluding hydrogens is 562 g/mol. The van der Waals surface area contributed by atoms with Crippen molar-refractivity contribution in [1.29, 1.82) is 0 Å². The number of rotatable bonds is 0. The Bertz CT molecular complexity index is 1940. The second-order valence-corrected chi connectivity index (χ2v) is 14.6. The lowest BCUT2D eigenvalue weighted by molar-refractivity contribution is 1.09. The Labute approximate surface area is 249 Å². The molecule has 0 radical (unpaired) electrons. The van der Waals surface area contributed by atoms with Gasteiger partial charge in [0.2, 0.25) is 13.4 Å². The standard InChI is InChI=1S/C32H16B2N2S4/c1-5-13-21-17(9-1)33-19-11-3-7-15-23(19)39-31-25(33)29(37-21)27-28(35-31)30-26-32(36-27)40-24-16-8-4-12-20(24)34(26)18-10-2-6-14-22(18)38-30/h1-16H. The predicted octanol–water partition coefficient (Wildman–Crippen LogP) is 4.52. The van der Waals surface area contributed by atoms with Gasteiger partial charge in [0, 0.05) is 29.4 Å². The Morgan fingerprint density at radius 2 is 0.725 bits per heavy atom. The van der Waals surface area contributed by atoms with E-state index in [1.165, 1.54) is 62.1 Å². The monoisotopic (exact) mass is 578 g/mol. The third-order valence-electron chi connectivity index (χ3n) is 8.37. The molecule has 0 aliphatic carbocycles. The molecule has 0 bridgehead atoms. The topological polar surface area (TPSA) is 25.8 Å². The lowest BCUT2D eigenvalue weighted by atomic mass is 9.36. The lowest BCUT2D eigenvalue weighted by Crippen LogP contribution is -2.59. The van der Waals surface area contributed by atoms with Gasteiger partial charge >= 0.3 is 0 Å². The van der Waals surface area contributed by atoms with E-state index in [1.807, 2.05) is 47.0 Å². The van der Waals surface area contributed by atoms with E-state index < -0.39 is 0 Å². The first kappa shape index (κ1) is 22.6. The first-order chi connectivity index (χ1) is 19.8. The van der Waals surface area contributed by atoms with Gasteiger partial charge in [-0.1, -0.05) is 142 Å². The summed E-state index contributed by atoms with van der Waals surface area (Å²) < 4.78 is 0. The molecule has 0 unspecified atom stereocenters. The molecule has 10 rings (SSSR count). The van der Waals surface area contributed by atoms with Gasteiger partial charge in [0.1, 0.15) is 11.0 Å². The molecule has 0 N–H and O–H groups in total. The Kier molecular flexibility index (Phi) is 4.67. The molecule has 0 atom stereocenters. The zero-order valence-electron chi connectivity index (χ0n) is 20.9. The Balaban J connectivity index is 1.32. The smallest absolute Gasteiger partial charge is 0.239 e. The zero-order valence-corrected chi connectivity index (χ0v) is 24.2. The number of nitrogens with zero attached hydrogens (tertiary/aromatic N) is 2. The van der Waals surface area contributed by atoms with Crippen LogP contribution in [0.15, 0.2) is 136 Å². The highest BCUT2D eigenvalue weighted by atomic mass is 32.2. The predicted molar refractivity (Wildman–Crippen MR) is 171 cm³/mol. The molecule has 184 valence electrons. The summed E-state index contributed by atoms with van der Waals surface area (Å²) in [4.78, 5) is 18.8. The highest BCUT2D eigenvalue weighted by Crippen LogP contribution is 2.45. The van der Waals surface area contributed by atoms with E-state index in [-0.39, 0.29) is 13.4 Å². The minimum absolute atomic E-state index is 0.181. The molecule has 8 heteroatoms. The fraction of sp³-hybridized carbons (Fsp3) is 0. The maximum Gasteiger partial charge on any atom is 0.249 e. The quantitative estimate of drug-likeness (QED) is 0.246. The maximum atomic E-state index is 5.51. The van der Waals surface area contributed by atoms with Crippen LogP contribution in [0.2, 0.25) is 0 Å². The van der Waals surface area contributed by atoms with Crippen molar-refractivity contribution in [2.24, 2.45) is 0 Å². The van der Waals surface area contributed by atoms with Gasteiger partial charge < -0.3 is 0 Å². The second kappa shape index (κ2) is 8.26. The minimum atomic E-state index is 0.181. The number of hydrogen-bond acceptors (Lipinski definition) is 6. The highest BCUT2D eigenvalue weighted by Gasteiger charge is 2.43. The SMILES string of the molecule is c1ccc2c(c1)Sc1nc3c4c5c(nc3c3c1B2c1ccccc1S3)Sc1ccccc1B5c1ccccc1S4. The third kappa shape index (κ3) is 2.95. The fourth-order valence-electron chi connectivity index (χ4n) is 6.70. The van der Waals surface area contributed by atoms with Crippen LogP contribution in [0.3, 0.4) is 0 Å². The van der Waals surface area contributed by atoms with Crippen molar-refractivity contribution in [2.75, 3.05) is 0 Å². The molecule has 40 heavy (non-hydrogen) atoms. The maximum absolute atomic E-state index is 5.51. The van der Waals surface area contributed by atoms with Gasteiger partial charge in [-0.05, 0) is 35.2 Å². The van der Waals surface area contributed by atoms with E-state index in [0.29, 0.717) is 0 Å². The summed E-state index contributed by atoms with van der Waals surface area (Å²) >= 11 is 7.40. The van der Waals surface area contributed by atoms with Crippen LogP contribution in [0.25, 0.3) is 11.0 Å². The molecule has 4 aliphatic rings. The molecule has 2 nitrogen and oxygen atoms in total. The van der Waals surface area contributed by atoms with E-state index in [2.05, 4.69) is 97.1 Å². The van der Waals surface area contributed by atoms with E-state index >= 15 is 0 Å². The summed E-state index contributed by atoms with van der Waals surface area (Å²) in [5, 5.41) is 2.26. The van der Waals surface area contributed by atoms with Crippen molar-refractivity contribution < 1.29 is 0 Å². The third-order valence-corrected chi connectivity index (χ3v) is 13.0. The molecule has 4 aromatic carbocycles. The van der Waals surface area contributed by atoms with Crippen LogP contribution in [0.5, 0.6) is 0 Å². The van der Waals surface area contributed by atoms with Gasteiger partial charge in [-0.25, -0.2) is 9.97 Å². The molecule has 4 aliphatic heterocycles. The van der Waals surface area contributed by atoms with E-state index in [0.717, 1.165) is 21.1 Å². The van der Waals surface area contributed by atoms with E-state index in [9.17, 15) is 0 Å². The van der Waals surface area contributed by atoms with Crippen molar-refractivity contribution in [1.82, 2.24) is 9.97 Å². The average Bonchev–Trinajstić information content (AvgIpc) is 3.01. The fourth-order valence-corrected chi connectivity index (χ4v) is 11.5. The van der Waals surface area contributed by atoms with Gasteiger partial charge in [0.15, 0.2) is 0 Å². The van der Waals surface area contributed by atoms with Crippen molar-refractivity contribution in [3.63, 3.8) is 0 Å². The summed E-state index contributed by atoms with van der Waals surface area (Å²) in [5.41, 5.74) is 10.3. The van der Waals surface area contributed by atoms with Gasteiger partial charge in [0.25, 0.3) is 0 Å². The van der Waals surface area contributed by atoms with Crippen LogP contribution in [0, 0.1) is 0 Å². The molecule has 0 amide bonds. The number of hydrogen-bond donors (Lipinski definition) is 0. The van der Waals surface area contributed by atoms with Gasteiger partial charge in [-0.2, -0.15) is 0 Å². The minimum Gasteiger partial charge on any atom is -0.239 e. The lowest BCUT2D eigenvalue weighted by Gasteiger charge is -2.35. The average molecular weight is 578 g/mol. The zero-order chi connectivity index (χ0) is 25.9. The number of fused-ring (bicyclic) bond motifs is 11. The molecule has 0 spiro atoms. The molecular formula is C32H16B2N2S4. The largest absolute Gasteiger partial charge is 0.249 e. The van der Waals surface area contributed by atoms with Crippen LogP contribution >= 0.6 is 47.0 Å². The Morgan fingerprint density at radius 3 is 1.10 bits per heavy atom. The Morgan fingerprint density at radius 1 is 0.400 bits per heavy atom. The van der Waals surface area contributed by atoms with Crippen molar-refractivity contribution >= 4 is 104 Å². The molecule has 0 fully saturated rings. The van der Waals surface area contributed by atoms with Crippen LogP contribution in [0.1, 0.15) is 0 Å². The van der Waals surface area contributed by atoms with Crippen LogP contribution in [-0.4, -0.2) is 23.4 Å². The molecule has 0 saturated heterocycles. The van der Waals surface area contributed by atoms with Crippen LogP contribution in [0.4, 0.5) is 0 Å². The van der Waals surface area contributed by atoms with Gasteiger partial charge in [-0.15, -0.1) is 0 Å². The highest BCUT2D eigenvalue weighted by molar-refractivity contribution is 8.02. The van der Waals surface area contributed by atoms with Crippen molar-refractivity contribution in [3.8, 4) is 0 Å². The molecule has 6 aromatic rings. The second-order valence-electron chi connectivity index (χ2n) is 10.4. The van der Waals surface area contributed by atoms with Crippen molar-refractivity contribution in [3.05, 3.63) is 97.1 Å². The number of pyridine rings is 2. The number of benzene rings is 4. The first-order valence-electron chi connectivity index (χ1n) is 13.3. The summed E-state index contributed by atoms with van der Waals surface area (Å²) in [6.45, 7) is 0.362.